The molecule has 0 aromatic heterocycles. The fraction of sp³-hybridized carbons (Fsp3) is 0.148. The standard InChI is InChI=1S/C27H27N3O4S/c1-30(18-20-9-5-4-6-10-20)26(32)21-11-7-8-12-22(21)28-27(35)29-25(31)16-14-19-13-15-23(33-2)24(17-19)34-3/h4-17H,18H2,1-3H3,(H2,28,29,31,35). The maximum Gasteiger partial charge on any atom is 0.256 e. The number of nitrogens with one attached hydrogen (secondary N) is 2. The molecule has 35 heavy (non-hydrogen) atoms. The summed E-state index contributed by atoms with van der Waals surface area (Å²) in [5, 5.41) is 5.63. The molecule has 0 radical (unpaired) electrons. The van der Waals surface area contributed by atoms with Crippen molar-refractivity contribution in [3.8, 4) is 11.5 Å². The molecule has 0 aliphatic heterocycles. The molecular weight excluding hydrogens is 462 g/mol. The lowest BCUT2D eigenvalue weighted by atomic mass is 10.1. The van der Waals surface area contributed by atoms with Crippen LogP contribution in [0.3, 0.4) is 0 Å². The highest BCUT2D eigenvalue weighted by Gasteiger charge is 2.17. The zero-order valence-corrected chi connectivity index (χ0v) is 20.6. The Balaban J connectivity index is 1.62. The maximum atomic E-state index is 13.1. The molecule has 0 saturated heterocycles. The van der Waals surface area contributed by atoms with Gasteiger partial charge in [-0.1, -0.05) is 48.5 Å². The molecule has 3 aromatic carbocycles. The second kappa shape index (κ2) is 12.3. The number of carbonyl (C=O) groups is 2. The van der Waals surface area contributed by atoms with Crippen molar-refractivity contribution < 1.29 is 19.1 Å². The minimum Gasteiger partial charge on any atom is -0.493 e. The van der Waals surface area contributed by atoms with E-state index in [9.17, 15) is 9.59 Å². The van der Waals surface area contributed by atoms with Crippen molar-refractivity contribution in [2.75, 3.05) is 26.6 Å². The Hall–Kier alpha value is -4.17. The molecule has 0 aliphatic rings. The lowest BCUT2D eigenvalue weighted by molar-refractivity contribution is -0.115. The summed E-state index contributed by atoms with van der Waals surface area (Å²) in [4.78, 5) is 27.1. The van der Waals surface area contributed by atoms with Gasteiger partial charge in [0.1, 0.15) is 0 Å². The predicted octanol–water partition coefficient (Wildman–Crippen LogP) is 4.50. The average molecular weight is 490 g/mol. The Bertz CT molecular complexity index is 1230. The maximum absolute atomic E-state index is 13.1. The van der Waals surface area contributed by atoms with E-state index in [4.69, 9.17) is 21.7 Å². The van der Waals surface area contributed by atoms with Gasteiger partial charge in [-0.25, -0.2) is 0 Å². The molecular formula is C27H27N3O4S. The van der Waals surface area contributed by atoms with E-state index < -0.39 is 5.91 Å². The quantitative estimate of drug-likeness (QED) is 0.358. The molecule has 0 saturated carbocycles. The fourth-order valence-electron chi connectivity index (χ4n) is 3.35. The van der Waals surface area contributed by atoms with Crippen LogP contribution < -0.4 is 20.1 Å². The molecule has 2 N–H and O–H groups in total. The van der Waals surface area contributed by atoms with Crippen LogP contribution in [0.15, 0.2) is 78.9 Å². The summed E-state index contributed by atoms with van der Waals surface area (Å²) in [6.07, 6.45) is 3.00. The van der Waals surface area contributed by atoms with Crippen molar-refractivity contribution in [3.63, 3.8) is 0 Å². The van der Waals surface area contributed by atoms with Gasteiger partial charge in [0, 0.05) is 19.7 Å². The van der Waals surface area contributed by atoms with Crippen LogP contribution in [0.2, 0.25) is 0 Å². The Morgan fingerprint density at radius 3 is 2.34 bits per heavy atom. The lowest BCUT2D eigenvalue weighted by Crippen LogP contribution is -2.34. The van der Waals surface area contributed by atoms with E-state index in [0.29, 0.717) is 29.3 Å². The van der Waals surface area contributed by atoms with Gasteiger partial charge in [-0.3, -0.25) is 14.9 Å². The Labute approximate surface area is 210 Å². The number of carbonyl (C=O) groups excluding carboxylic acids is 2. The van der Waals surface area contributed by atoms with Crippen LogP contribution in [0, 0.1) is 0 Å². The van der Waals surface area contributed by atoms with Crippen LogP contribution >= 0.6 is 12.2 Å². The van der Waals surface area contributed by atoms with Gasteiger partial charge in [-0.2, -0.15) is 0 Å². The van der Waals surface area contributed by atoms with Crippen molar-refractivity contribution in [2.24, 2.45) is 0 Å². The third-order valence-electron chi connectivity index (χ3n) is 5.09. The van der Waals surface area contributed by atoms with E-state index in [1.54, 1.807) is 74.7 Å². The predicted molar refractivity (Wildman–Crippen MR) is 142 cm³/mol. The van der Waals surface area contributed by atoms with E-state index in [-0.39, 0.29) is 11.0 Å². The second-order valence-electron chi connectivity index (χ2n) is 7.58. The number of anilines is 1. The Morgan fingerprint density at radius 2 is 1.63 bits per heavy atom. The molecule has 0 unspecified atom stereocenters. The molecule has 180 valence electrons. The first-order valence-electron chi connectivity index (χ1n) is 10.8. The zero-order valence-electron chi connectivity index (χ0n) is 19.8. The highest BCUT2D eigenvalue weighted by atomic mass is 32.1. The average Bonchev–Trinajstić information content (AvgIpc) is 2.87. The van der Waals surface area contributed by atoms with Crippen molar-refractivity contribution >= 4 is 40.9 Å². The smallest absolute Gasteiger partial charge is 0.256 e. The minimum absolute atomic E-state index is 0.0814. The molecule has 0 bridgehead atoms. The topological polar surface area (TPSA) is 79.9 Å². The van der Waals surface area contributed by atoms with Crippen molar-refractivity contribution in [1.29, 1.82) is 0 Å². The number of hydrogen-bond acceptors (Lipinski definition) is 5. The van der Waals surface area contributed by atoms with Crippen LogP contribution in [-0.2, 0) is 11.3 Å². The van der Waals surface area contributed by atoms with E-state index in [1.165, 1.54) is 6.08 Å². The Kier molecular flexibility index (Phi) is 8.97. The first kappa shape index (κ1) is 25.5. The number of nitrogens with zero attached hydrogens (tertiary/aromatic N) is 1. The fourth-order valence-corrected chi connectivity index (χ4v) is 3.56. The number of thiocarbonyl (C=S) groups is 1. The van der Waals surface area contributed by atoms with Crippen LogP contribution in [-0.4, -0.2) is 43.1 Å². The molecule has 0 heterocycles. The molecule has 0 fully saturated rings. The number of amides is 2. The molecule has 0 spiro atoms. The molecule has 0 atom stereocenters. The van der Waals surface area contributed by atoms with Gasteiger partial charge >= 0.3 is 0 Å². The molecule has 7 nitrogen and oxygen atoms in total. The largest absolute Gasteiger partial charge is 0.493 e. The lowest BCUT2D eigenvalue weighted by Gasteiger charge is -2.20. The number of methoxy groups -OCH3 is 2. The molecule has 3 aromatic rings. The highest BCUT2D eigenvalue weighted by Crippen LogP contribution is 2.28. The SMILES string of the molecule is COc1ccc(C=CC(=O)NC(=S)Nc2ccccc2C(=O)N(C)Cc2ccccc2)cc1OC. The number of ether oxygens (including phenoxy) is 2. The Morgan fingerprint density at radius 1 is 0.943 bits per heavy atom. The summed E-state index contributed by atoms with van der Waals surface area (Å²) < 4.78 is 10.5. The van der Waals surface area contributed by atoms with Gasteiger partial charge in [0.2, 0.25) is 5.91 Å². The molecule has 2 amide bonds. The number of para-hydroxylation sites is 1. The van der Waals surface area contributed by atoms with Gasteiger partial charge in [0.25, 0.3) is 5.91 Å². The monoisotopic (exact) mass is 489 g/mol. The summed E-state index contributed by atoms with van der Waals surface area (Å²) in [7, 11) is 4.84. The summed E-state index contributed by atoms with van der Waals surface area (Å²) in [6, 6.07) is 22.1. The summed E-state index contributed by atoms with van der Waals surface area (Å²) in [5.41, 5.74) is 2.74. The van der Waals surface area contributed by atoms with Crippen LogP contribution in [0.4, 0.5) is 5.69 Å². The van der Waals surface area contributed by atoms with Gasteiger partial charge in [0.05, 0.1) is 25.5 Å². The summed E-state index contributed by atoms with van der Waals surface area (Å²) in [5.74, 6) is 0.578. The van der Waals surface area contributed by atoms with Crippen molar-refractivity contribution in [2.45, 2.75) is 6.54 Å². The minimum atomic E-state index is -0.415. The first-order valence-corrected chi connectivity index (χ1v) is 11.2. The third kappa shape index (κ3) is 7.15. The number of hydrogen-bond donors (Lipinski definition) is 2. The third-order valence-corrected chi connectivity index (χ3v) is 5.29. The first-order chi connectivity index (χ1) is 16.9. The molecule has 0 aliphatic carbocycles. The van der Waals surface area contributed by atoms with Crippen LogP contribution in [0.1, 0.15) is 21.5 Å². The summed E-state index contributed by atoms with van der Waals surface area (Å²) >= 11 is 5.29. The van der Waals surface area contributed by atoms with E-state index >= 15 is 0 Å². The van der Waals surface area contributed by atoms with E-state index in [2.05, 4.69) is 10.6 Å². The zero-order chi connectivity index (χ0) is 25.2. The summed E-state index contributed by atoms with van der Waals surface area (Å²) in [6.45, 7) is 0.468. The van der Waals surface area contributed by atoms with Crippen molar-refractivity contribution in [3.05, 3.63) is 95.6 Å². The van der Waals surface area contributed by atoms with Crippen molar-refractivity contribution in [1.82, 2.24) is 10.2 Å². The van der Waals surface area contributed by atoms with Crippen LogP contribution in [0.5, 0.6) is 11.5 Å². The normalized spacial score (nSPS) is 10.5. The van der Waals surface area contributed by atoms with E-state index in [0.717, 1.165) is 11.1 Å². The van der Waals surface area contributed by atoms with Crippen LogP contribution in [0.25, 0.3) is 6.08 Å². The highest BCUT2D eigenvalue weighted by molar-refractivity contribution is 7.80. The molecule has 8 heteroatoms. The van der Waals surface area contributed by atoms with Gasteiger partial charge in [-0.05, 0) is 53.7 Å². The second-order valence-corrected chi connectivity index (χ2v) is 7.99. The number of benzene rings is 3. The number of rotatable bonds is 8. The molecule has 3 rings (SSSR count). The van der Waals surface area contributed by atoms with E-state index in [1.807, 2.05) is 30.3 Å². The van der Waals surface area contributed by atoms with Gasteiger partial charge in [-0.15, -0.1) is 0 Å². The van der Waals surface area contributed by atoms with Gasteiger partial charge in [0.15, 0.2) is 16.6 Å². The van der Waals surface area contributed by atoms with Gasteiger partial charge < -0.3 is 19.7 Å².